The van der Waals surface area contributed by atoms with Gasteiger partial charge in [-0.05, 0) is 25.8 Å². The lowest BCUT2D eigenvalue weighted by Crippen LogP contribution is -2.54. The van der Waals surface area contributed by atoms with Gasteiger partial charge >= 0.3 is 0 Å². The van der Waals surface area contributed by atoms with Crippen molar-refractivity contribution in [2.45, 2.75) is 44.6 Å². The Bertz CT molecular complexity index is 215. The maximum absolute atomic E-state index is 12.0. The summed E-state index contributed by atoms with van der Waals surface area (Å²) in [6.07, 6.45) is 0.781. The van der Waals surface area contributed by atoms with Gasteiger partial charge in [-0.2, -0.15) is 0 Å². The van der Waals surface area contributed by atoms with Gasteiger partial charge in [-0.15, -0.1) is 0 Å². The van der Waals surface area contributed by atoms with Gasteiger partial charge in [-0.25, -0.2) is 8.78 Å². The fourth-order valence-electron chi connectivity index (χ4n) is 2.09. The van der Waals surface area contributed by atoms with Gasteiger partial charge in [0, 0.05) is 0 Å². The molecule has 88 valence electrons. The van der Waals surface area contributed by atoms with E-state index in [0.29, 0.717) is 6.42 Å². The van der Waals surface area contributed by atoms with Crippen molar-refractivity contribution in [1.29, 1.82) is 0 Å². The van der Waals surface area contributed by atoms with Crippen molar-refractivity contribution >= 4 is 5.91 Å². The van der Waals surface area contributed by atoms with Crippen LogP contribution < -0.4 is 10.6 Å². The molecule has 1 aliphatic rings. The molecule has 0 aromatic carbocycles. The maximum atomic E-state index is 12.0. The van der Waals surface area contributed by atoms with Crippen LogP contribution >= 0.6 is 0 Å². The average molecular weight is 220 g/mol. The van der Waals surface area contributed by atoms with Crippen LogP contribution in [0.4, 0.5) is 8.78 Å². The molecule has 0 aliphatic carbocycles. The molecule has 0 aromatic rings. The number of nitrogens with one attached hydrogen (secondary N) is 2. The van der Waals surface area contributed by atoms with Crippen LogP contribution in [-0.4, -0.2) is 31.0 Å². The van der Waals surface area contributed by atoms with Crippen molar-refractivity contribution in [2.24, 2.45) is 0 Å². The number of carbonyl (C=O) groups excluding carboxylic acids is 1. The second-order valence-corrected chi connectivity index (χ2v) is 3.96. The Labute approximate surface area is 88.6 Å². The molecule has 0 spiro atoms. The quantitative estimate of drug-likeness (QED) is 0.733. The minimum absolute atomic E-state index is 0.276. The number of rotatable bonds is 5. The first kappa shape index (κ1) is 12.4. The molecule has 0 bridgehead atoms. The van der Waals surface area contributed by atoms with Crippen molar-refractivity contribution in [1.82, 2.24) is 10.6 Å². The number of amides is 1. The Morgan fingerprint density at radius 1 is 1.60 bits per heavy atom. The molecule has 1 heterocycles. The molecule has 1 unspecified atom stereocenters. The molecule has 0 radical (unpaired) electrons. The first-order chi connectivity index (χ1) is 7.10. The van der Waals surface area contributed by atoms with Gasteiger partial charge in [-0.1, -0.05) is 13.3 Å². The lowest BCUT2D eigenvalue weighted by molar-refractivity contribution is -0.128. The largest absolute Gasteiger partial charge is 0.349 e. The van der Waals surface area contributed by atoms with Gasteiger partial charge in [0.15, 0.2) is 0 Å². The third kappa shape index (κ3) is 3.12. The van der Waals surface area contributed by atoms with E-state index in [9.17, 15) is 13.6 Å². The van der Waals surface area contributed by atoms with Gasteiger partial charge in [-0.3, -0.25) is 4.79 Å². The monoisotopic (exact) mass is 220 g/mol. The summed E-state index contributed by atoms with van der Waals surface area (Å²) in [4.78, 5) is 11.8. The number of hydrogen-bond acceptors (Lipinski definition) is 2. The van der Waals surface area contributed by atoms with E-state index in [2.05, 4.69) is 10.6 Å². The zero-order chi connectivity index (χ0) is 11.3. The van der Waals surface area contributed by atoms with E-state index in [4.69, 9.17) is 0 Å². The fraction of sp³-hybridized carbons (Fsp3) is 0.900. The summed E-state index contributed by atoms with van der Waals surface area (Å²) in [5.41, 5.74) is -0.594. The fourth-order valence-corrected chi connectivity index (χ4v) is 2.09. The Kier molecular flexibility index (Phi) is 4.45. The summed E-state index contributed by atoms with van der Waals surface area (Å²) in [6, 6.07) is 0. The first-order valence-corrected chi connectivity index (χ1v) is 5.42. The molecule has 1 amide bonds. The summed E-state index contributed by atoms with van der Waals surface area (Å²) >= 11 is 0. The topological polar surface area (TPSA) is 41.1 Å². The zero-order valence-corrected chi connectivity index (χ0v) is 8.98. The van der Waals surface area contributed by atoms with Crippen molar-refractivity contribution in [3.8, 4) is 0 Å². The van der Waals surface area contributed by atoms with E-state index >= 15 is 0 Å². The van der Waals surface area contributed by atoms with E-state index in [-0.39, 0.29) is 5.91 Å². The van der Waals surface area contributed by atoms with Crippen LogP contribution in [0.2, 0.25) is 0 Å². The Morgan fingerprint density at radius 3 is 2.80 bits per heavy atom. The van der Waals surface area contributed by atoms with Crippen LogP contribution in [0.3, 0.4) is 0 Å². The van der Waals surface area contributed by atoms with Crippen molar-refractivity contribution in [3.05, 3.63) is 0 Å². The highest BCUT2D eigenvalue weighted by molar-refractivity contribution is 5.86. The number of alkyl halides is 2. The predicted octanol–water partition coefficient (Wildman–Crippen LogP) is 1.29. The summed E-state index contributed by atoms with van der Waals surface area (Å²) < 4.78 is 23.9. The SMILES string of the molecule is CCCC1(C(=O)NCC(F)F)CCCN1. The molecule has 0 saturated carbocycles. The van der Waals surface area contributed by atoms with Crippen molar-refractivity contribution in [3.63, 3.8) is 0 Å². The standard InChI is InChI=1S/C10H18F2N2O/c1-2-4-10(5-3-6-14-10)9(15)13-7-8(11)12/h8,14H,2-7H2,1H3,(H,13,15). The minimum atomic E-state index is -2.48. The van der Waals surface area contributed by atoms with Crippen molar-refractivity contribution in [2.75, 3.05) is 13.1 Å². The molecule has 15 heavy (non-hydrogen) atoms. The molecule has 1 fully saturated rings. The molecule has 1 atom stereocenters. The van der Waals surface area contributed by atoms with E-state index in [0.717, 1.165) is 25.8 Å². The second-order valence-electron chi connectivity index (χ2n) is 3.96. The summed E-state index contributed by atoms with van der Waals surface area (Å²) in [5.74, 6) is -0.276. The van der Waals surface area contributed by atoms with Crippen LogP contribution in [0.15, 0.2) is 0 Å². The van der Waals surface area contributed by atoms with Gasteiger partial charge in [0.05, 0.1) is 12.1 Å². The average Bonchev–Trinajstić information content (AvgIpc) is 2.64. The van der Waals surface area contributed by atoms with Gasteiger partial charge in [0.1, 0.15) is 0 Å². The number of carbonyl (C=O) groups is 1. The highest BCUT2D eigenvalue weighted by Crippen LogP contribution is 2.24. The molecule has 0 aromatic heterocycles. The van der Waals surface area contributed by atoms with Crippen LogP contribution in [0.1, 0.15) is 32.6 Å². The summed E-state index contributed by atoms with van der Waals surface area (Å²) in [5, 5.41) is 5.44. The van der Waals surface area contributed by atoms with Crippen LogP contribution in [0.25, 0.3) is 0 Å². The zero-order valence-electron chi connectivity index (χ0n) is 8.98. The summed E-state index contributed by atoms with van der Waals surface area (Å²) in [7, 11) is 0. The Morgan fingerprint density at radius 2 is 2.33 bits per heavy atom. The highest BCUT2D eigenvalue weighted by atomic mass is 19.3. The lowest BCUT2D eigenvalue weighted by atomic mass is 9.91. The smallest absolute Gasteiger partial charge is 0.255 e. The van der Waals surface area contributed by atoms with Gasteiger partial charge in [0.25, 0.3) is 6.43 Å². The highest BCUT2D eigenvalue weighted by Gasteiger charge is 2.39. The van der Waals surface area contributed by atoms with E-state index < -0.39 is 18.5 Å². The van der Waals surface area contributed by atoms with E-state index in [1.165, 1.54) is 0 Å². The third-order valence-electron chi connectivity index (χ3n) is 2.77. The second kappa shape index (κ2) is 5.39. The van der Waals surface area contributed by atoms with Crippen molar-refractivity contribution < 1.29 is 13.6 Å². The molecular weight excluding hydrogens is 202 g/mol. The minimum Gasteiger partial charge on any atom is -0.349 e. The Balaban J connectivity index is 2.51. The van der Waals surface area contributed by atoms with E-state index in [1.807, 2.05) is 6.92 Å². The number of hydrogen-bond donors (Lipinski definition) is 2. The lowest BCUT2D eigenvalue weighted by Gasteiger charge is -2.27. The Hall–Kier alpha value is -0.710. The van der Waals surface area contributed by atoms with Gasteiger partial charge in [0.2, 0.25) is 5.91 Å². The molecule has 2 N–H and O–H groups in total. The molecule has 1 saturated heterocycles. The first-order valence-electron chi connectivity index (χ1n) is 5.42. The maximum Gasteiger partial charge on any atom is 0.255 e. The normalized spacial score (nSPS) is 25.9. The van der Waals surface area contributed by atoms with Gasteiger partial charge < -0.3 is 10.6 Å². The molecule has 5 heteroatoms. The predicted molar refractivity (Wildman–Crippen MR) is 53.9 cm³/mol. The van der Waals surface area contributed by atoms with Crippen LogP contribution in [-0.2, 0) is 4.79 Å². The molecule has 1 rings (SSSR count). The number of halogens is 2. The molecular formula is C10H18F2N2O. The molecule has 1 aliphatic heterocycles. The van der Waals surface area contributed by atoms with Crippen LogP contribution in [0.5, 0.6) is 0 Å². The van der Waals surface area contributed by atoms with E-state index in [1.54, 1.807) is 0 Å². The van der Waals surface area contributed by atoms with Crippen LogP contribution in [0, 0.1) is 0 Å². The third-order valence-corrected chi connectivity index (χ3v) is 2.77. The molecule has 3 nitrogen and oxygen atoms in total. The summed E-state index contributed by atoms with van der Waals surface area (Å²) in [6.45, 7) is 2.23.